The highest BCUT2D eigenvalue weighted by Gasteiger charge is 2.12. The Labute approximate surface area is 129 Å². The molecule has 2 aromatic rings. The second-order valence-corrected chi connectivity index (χ2v) is 4.85. The molecule has 0 fully saturated rings. The third-order valence-electron chi connectivity index (χ3n) is 3.32. The van der Waals surface area contributed by atoms with Crippen molar-refractivity contribution < 1.29 is 9.53 Å². The number of hydrogen-bond donors (Lipinski definition) is 2. The Bertz CT molecular complexity index is 663. The van der Waals surface area contributed by atoms with Crippen LogP contribution in [0, 0.1) is 13.8 Å². The van der Waals surface area contributed by atoms with Gasteiger partial charge in [0.1, 0.15) is 0 Å². The van der Waals surface area contributed by atoms with Crippen molar-refractivity contribution in [1.82, 2.24) is 9.97 Å². The van der Waals surface area contributed by atoms with E-state index in [1.165, 1.54) is 7.11 Å². The molecule has 0 saturated carbocycles. The van der Waals surface area contributed by atoms with Crippen molar-refractivity contribution in [2.45, 2.75) is 27.2 Å². The molecule has 1 heterocycles. The molecule has 1 aromatic carbocycles. The normalized spacial score (nSPS) is 10.2. The number of rotatable bonds is 4. The molecule has 0 radical (unpaired) electrons. The zero-order valence-corrected chi connectivity index (χ0v) is 13.2. The maximum Gasteiger partial charge on any atom is 0.323 e. The average molecular weight is 300 g/mol. The summed E-state index contributed by atoms with van der Waals surface area (Å²) in [5.74, 6) is 0. The second-order valence-electron chi connectivity index (χ2n) is 4.85. The average Bonchev–Trinajstić information content (AvgIpc) is 2.51. The molecule has 6 heteroatoms. The first-order chi connectivity index (χ1) is 10.5. The fourth-order valence-electron chi connectivity index (χ4n) is 2.18. The van der Waals surface area contributed by atoms with Crippen LogP contribution in [-0.4, -0.2) is 23.1 Å². The van der Waals surface area contributed by atoms with Gasteiger partial charge < -0.3 is 15.4 Å². The fraction of sp³-hybridized carbons (Fsp3) is 0.312. The summed E-state index contributed by atoms with van der Waals surface area (Å²) < 4.78 is 5.01. The van der Waals surface area contributed by atoms with E-state index < -0.39 is 0 Å². The predicted molar refractivity (Wildman–Crippen MR) is 86.5 cm³/mol. The van der Waals surface area contributed by atoms with Crippen molar-refractivity contribution in [2.24, 2.45) is 0 Å². The lowest BCUT2D eigenvalue weighted by Gasteiger charge is -2.13. The molecule has 0 aliphatic rings. The van der Waals surface area contributed by atoms with Gasteiger partial charge in [-0.2, -0.15) is 9.97 Å². The first-order valence-corrected chi connectivity index (χ1v) is 7.10. The Hall–Kier alpha value is -2.63. The number of ether oxygens (including phenoxy) is 1. The van der Waals surface area contributed by atoms with Crippen LogP contribution >= 0.6 is 0 Å². The van der Waals surface area contributed by atoms with Crippen molar-refractivity contribution in [3.63, 3.8) is 0 Å². The molecule has 0 saturated heterocycles. The van der Waals surface area contributed by atoms with Crippen LogP contribution in [0.4, 0.5) is 16.2 Å². The topological polar surface area (TPSA) is 76.1 Å². The molecule has 2 rings (SSSR count). The SMILES string of the molecule is CCc1ccccc1NC(=O)Nc1c(C)nc(OC)nc1C. The van der Waals surface area contributed by atoms with Gasteiger partial charge in [0, 0.05) is 5.69 Å². The Balaban J connectivity index is 2.16. The number of para-hydroxylation sites is 1. The second kappa shape index (κ2) is 6.89. The molecule has 0 atom stereocenters. The van der Waals surface area contributed by atoms with Crippen LogP contribution < -0.4 is 15.4 Å². The number of anilines is 2. The molecular weight excluding hydrogens is 280 g/mol. The van der Waals surface area contributed by atoms with E-state index >= 15 is 0 Å². The largest absolute Gasteiger partial charge is 0.467 e. The van der Waals surface area contributed by atoms with Gasteiger partial charge in [0.15, 0.2) is 0 Å². The predicted octanol–water partition coefficient (Wildman–Crippen LogP) is 3.31. The molecular formula is C16H20N4O2. The van der Waals surface area contributed by atoms with Crippen molar-refractivity contribution in [3.05, 3.63) is 41.2 Å². The van der Waals surface area contributed by atoms with Gasteiger partial charge in [0.2, 0.25) is 0 Å². The lowest BCUT2D eigenvalue weighted by atomic mass is 10.1. The van der Waals surface area contributed by atoms with Gasteiger partial charge in [0.25, 0.3) is 0 Å². The molecule has 2 amide bonds. The number of nitrogens with zero attached hydrogens (tertiary/aromatic N) is 2. The summed E-state index contributed by atoms with van der Waals surface area (Å²) in [6.07, 6.45) is 0.847. The number of aromatic nitrogens is 2. The van der Waals surface area contributed by atoms with Crippen LogP contribution in [0.15, 0.2) is 24.3 Å². The van der Waals surface area contributed by atoms with Gasteiger partial charge in [-0.05, 0) is 31.9 Å². The Morgan fingerprint density at radius 3 is 2.36 bits per heavy atom. The number of carbonyl (C=O) groups is 1. The molecule has 0 aliphatic heterocycles. The van der Waals surface area contributed by atoms with E-state index in [0.717, 1.165) is 17.7 Å². The molecule has 0 aliphatic carbocycles. The maximum atomic E-state index is 12.2. The molecule has 0 spiro atoms. The summed E-state index contributed by atoms with van der Waals surface area (Å²) >= 11 is 0. The minimum atomic E-state index is -0.319. The van der Waals surface area contributed by atoms with Crippen molar-refractivity contribution in [1.29, 1.82) is 0 Å². The smallest absolute Gasteiger partial charge is 0.323 e. The molecule has 0 bridgehead atoms. The summed E-state index contributed by atoms with van der Waals surface area (Å²) in [6.45, 7) is 5.64. The number of amides is 2. The van der Waals surface area contributed by atoms with Crippen molar-refractivity contribution >= 4 is 17.4 Å². The highest BCUT2D eigenvalue weighted by molar-refractivity contribution is 6.00. The first kappa shape index (κ1) is 15.8. The third-order valence-corrected chi connectivity index (χ3v) is 3.32. The Morgan fingerprint density at radius 1 is 1.14 bits per heavy atom. The number of urea groups is 1. The lowest BCUT2D eigenvalue weighted by molar-refractivity contribution is 0.262. The van der Waals surface area contributed by atoms with Gasteiger partial charge in [0.05, 0.1) is 24.2 Å². The highest BCUT2D eigenvalue weighted by atomic mass is 16.5. The van der Waals surface area contributed by atoms with Crippen LogP contribution in [-0.2, 0) is 6.42 Å². The number of benzene rings is 1. The zero-order chi connectivity index (χ0) is 16.1. The zero-order valence-electron chi connectivity index (χ0n) is 13.2. The van der Waals surface area contributed by atoms with E-state index in [1.807, 2.05) is 31.2 Å². The summed E-state index contributed by atoms with van der Waals surface area (Å²) in [4.78, 5) is 20.5. The fourth-order valence-corrected chi connectivity index (χ4v) is 2.18. The molecule has 0 unspecified atom stereocenters. The van der Waals surface area contributed by atoms with Crippen LogP contribution in [0.1, 0.15) is 23.9 Å². The van der Waals surface area contributed by atoms with Gasteiger partial charge >= 0.3 is 12.0 Å². The van der Waals surface area contributed by atoms with Crippen LogP contribution in [0.5, 0.6) is 6.01 Å². The van der Waals surface area contributed by atoms with Gasteiger partial charge in [-0.25, -0.2) is 4.79 Å². The molecule has 6 nitrogen and oxygen atoms in total. The third kappa shape index (κ3) is 3.52. The summed E-state index contributed by atoms with van der Waals surface area (Å²) in [7, 11) is 1.51. The van der Waals surface area contributed by atoms with E-state index in [0.29, 0.717) is 17.1 Å². The van der Waals surface area contributed by atoms with Crippen molar-refractivity contribution in [2.75, 3.05) is 17.7 Å². The Morgan fingerprint density at radius 2 is 1.77 bits per heavy atom. The highest BCUT2D eigenvalue weighted by Crippen LogP contribution is 2.20. The monoisotopic (exact) mass is 300 g/mol. The van der Waals surface area contributed by atoms with E-state index in [9.17, 15) is 4.79 Å². The van der Waals surface area contributed by atoms with E-state index in [2.05, 4.69) is 20.6 Å². The summed E-state index contributed by atoms with van der Waals surface area (Å²) in [5, 5.41) is 5.66. The molecule has 2 N–H and O–H groups in total. The van der Waals surface area contributed by atoms with Crippen LogP contribution in [0.2, 0.25) is 0 Å². The number of hydrogen-bond acceptors (Lipinski definition) is 4. The minimum absolute atomic E-state index is 0.289. The number of carbonyl (C=O) groups excluding carboxylic acids is 1. The van der Waals surface area contributed by atoms with Gasteiger partial charge in [-0.1, -0.05) is 25.1 Å². The minimum Gasteiger partial charge on any atom is -0.467 e. The Kier molecular flexibility index (Phi) is 4.93. The first-order valence-electron chi connectivity index (χ1n) is 7.10. The van der Waals surface area contributed by atoms with Gasteiger partial charge in [-0.15, -0.1) is 0 Å². The molecule has 116 valence electrons. The molecule has 22 heavy (non-hydrogen) atoms. The number of aryl methyl sites for hydroxylation is 3. The van der Waals surface area contributed by atoms with E-state index in [4.69, 9.17) is 4.74 Å². The van der Waals surface area contributed by atoms with Crippen molar-refractivity contribution in [3.8, 4) is 6.01 Å². The number of methoxy groups -OCH3 is 1. The number of nitrogens with one attached hydrogen (secondary N) is 2. The summed E-state index contributed by atoms with van der Waals surface area (Å²) in [6, 6.07) is 7.68. The lowest BCUT2D eigenvalue weighted by Crippen LogP contribution is -2.22. The quantitative estimate of drug-likeness (QED) is 0.908. The van der Waals surface area contributed by atoms with Crippen LogP contribution in [0.3, 0.4) is 0 Å². The van der Waals surface area contributed by atoms with Gasteiger partial charge in [-0.3, -0.25) is 0 Å². The van der Waals surface area contributed by atoms with E-state index in [-0.39, 0.29) is 12.0 Å². The summed E-state index contributed by atoms with van der Waals surface area (Å²) in [5.41, 5.74) is 3.78. The molecule has 1 aromatic heterocycles. The van der Waals surface area contributed by atoms with E-state index in [1.54, 1.807) is 13.8 Å². The van der Waals surface area contributed by atoms with Crippen LogP contribution in [0.25, 0.3) is 0 Å². The maximum absolute atomic E-state index is 12.2. The standard InChI is InChI=1S/C16H20N4O2/c1-5-12-8-6-7-9-13(12)19-15(21)20-14-10(2)17-16(22-4)18-11(14)3/h6-9H,5H2,1-4H3,(H2,19,20,21).